The molecule has 0 spiro atoms. The summed E-state index contributed by atoms with van der Waals surface area (Å²) in [5.74, 6) is 0.388. The van der Waals surface area contributed by atoms with Crippen molar-refractivity contribution in [1.82, 2.24) is 9.88 Å². The van der Waals surface area contributed by atoms with Gasteiger partial charge < -0.3 is 14.7 Å². The van der Waals surface area contributed by atoms with E-state index in [1.807, 2.05) is 18.2 Å². The lowest BCUT2D eigenvalue weighted by molar-refractivity contribution is -0.146. The number of likely N-dealkylation sites (tertiary alicyclic amines) is 1. The first-order chi connectivity index (χ1) is 15.0. The Morgan fingerprint density at radius 1 is 1.29 bits per heavy atom. The third-order valence-electron chi connectivity index (χ3n) is 7.35. The van der Waals surface area contributed by atoms with E-state index >= 15 is 4.39 Å². The van der Waals surface area contributed by atoms with Gasteiger partial charge in [0.2, 0.25) is 0 Å². The quantitative estimate of drug-likeness (QED) is 0.591. The van der Waals surface area contributed by atoms with E-state index in [-0.39, 0.29) is 5.92 Å². The smallest absolute Gasteiger partial charge is 0.308 e. The van der Waals surface area contributed by atoms with Crippen molar-refractivity contribution in [2.45, 2.75) is 51.1 Å². The fraction of sp³-hybridized carbons (Fsp3) is 0.600. The third kappa shape index (κ3) is 5.17. The van der Waals surface area contributed by atoms with E-state index in [1.54, 1.807) is 19.4 Å². The molecule has 1 aromatic carbocycles. The van der Waals surface area contributed by atoms with Gasteiger partial charge in [0.05, 0.1) is 18.5 Å². The average molecular weight is 429 g/mol. The molecule has 2 aromatic rings. The molecule has 168 valence electrons. The van der Waals surface area contributed by atoms with Crippen molar-refractivity contribution < 1.29 is 19.0 Å². The summed E-state index contributed by atoms with van der Waals surface area (Å²) < 4.78 is 20.6. The second-order valence-corrected chi connectivity index (χ2v) is 9.21. The van der Waals surface area contributed by atoms with Crippen LogP contribution in [0.4, 0.5) is 4.39 Å². The van der Waals surface area contributed by atoms with Gasteiger partial charge in [0.1, 0.15) is 11.9 Å². The lowest BCUT2D eigenvalue weighted by Gasteiger charge is -2.38. The molecule has 1 saturated carbocycles. The molecule has 31 heavy (non-hydrogen) atoms. The van der Waals surface area contributed by atoms with E-state index in [0.717, 1.165) is 36.3 Å². The Morgan fingerprint density at radius 2 is 2.13 bits per heavy atom. The minimum absolute atomic E-state index is 0.0262. The van der Waals surface area contributed by atoms with Crippen LogP contribution in [0.15, 0.2) is 30.5 Å². The number of carbonyl (C=O) groups is 1. The molecule has 1 aromatic heterocycles. The predicted molar refractivity (Wildman–Crippen MR) is 119 cm³/mol. The number of hydrogen-bond donors (Lipinski definition) is 1. The van der Waals surface area contributed by atoms with E-state index in [0.29, 0.717) is 30.7 Å². The molecule has 4 rings (SSSR count). The van der Waals surface area contributed by atoms with Crippen LogP contribution in [0.2, 0.25) is 0 Å². The van der Waals surface area contributed by atoms with Gasteiger partial charge in [-0.05, 0) is 80.4 Å². The fourth-order valence-corrected chi connectivity index (χ4v) is 5.11. The molecule has 1 N–H and O–H groups in total. The maximum absolute atomic E-state index is 15.3. The average Bonchev–Trinajstić information content (AvgIpc) is 2.75. The first-order valence-corrected chi connectivity index (χ1v) is 11.6. The third-order valence-corrected chi connectivity index (χ3v) is 7.35. The SMILES string of the molecule is COc1ccc2nccc([C@@H](F)CC[C@@H]3CCN(CCC4CCC4)C[C@@H]3C(=O)O)c2c1. The molecule has 1 aliphatic heterocycles. The highest BCUT2D eigenvalue weighted by molar-refractivity contribution is 5.83. The van der Waals surface area contributed by atoms with Crippen molar-refractivity contribution in [3.63, 3.8) is 0 Å². The summed E-state index contributed by atoms with van der Waals surface area (Å²) >= 11 is 0. The molecule has 0 amide bonds. The monoisotopic (exact) mass is 428 g/mol. The van der Waals surface area contributed by atoms with Crippen molar-refractivity contribution in [2.24, 2.45) is 17.8 Å². The van der Waals surface area contributed by atoms with Crippen LogP contribution in [-0.2, 0) is 4.79 Å². The first kappa shape index (κ1) is 22.0. The van der Waals surface area contributed by atoms with E-state index in [1.165, 1.54) is 25.7 Å². The number of aliphatic carboxylic acids is 1. The molecule has 2 aliphatic rings. The number of alkyl halides is 1. The molecule has 5 nitrogen and oxygen atoms in total. The Labute approximate surface area is 183 Å². The fourth-order valence-electron chi connectivity index (χ4n) is 5.11. The van der Waals surface area contributed by atoms with Crippen LogP contribution < -0.4 is 4.74 Å². The zero-order valence-corrected chi connectivity index (χ0v) is 18.3. The zero-order valence-electron chi connectivity index (χ0n) is 18.3. The summed E-state index contributed by atoms with van der Waals surface area (Å²) in [6.07, 6.45) is 7.41. The van der Waals surface area contributed by atoms with Gasteiger partial charge in [0.25, 0.3) is 0 Å². The minimum atomic E-state index is -1.15. The van der Waals surface area contributed by atoms with Crippen LogP contribution in [0, 0.1) is 17.8 Å². The number of pyridine rings is 1. The molecular formula is C25H33FN2O3. The van der Waals surface area contributed by atoms with Crippen molar-refractivity contribution in [1.29, 1.82) is 0 Å². The second kappa shape index (κ2) is 9.94. The highest BCUT2D eigenvalue weighted by Crippen LogP contribution is 2.36. The molecule has 3 atom stereocenters. The van der Waals surface area contributed by atoms with Gasteiger partial charge in [0, 0.05) is 18.1 Å². The van der Waals surface area contributed by atoms with Gasteiger partial charge in [-0.1, -0.05) is 19.3 Å². The number of benzene rings is 1. The zero-order chi connectivity index (χ0) is 21.8. The first-order valence-electron chi connectivity index (χ1n) is 11.6. The summed E-state index contributed by atoms with van der Waals surface area (Å²) in [4.78, 5) is 18.6. The van der Waals surface area contributed by atoms with Gasteiger partial charge >= 0.3 is 5.97 Å². The van der Waals surface area contributed by atoms with Crippen LogP contribution >= 0.6 is 0 Å². The topological polar surface area (TPSA) is 62.7 Å². The summed E-state index contributed by atoms with van der Waals surface area (Å²) in [5.41, 5.74) is 1.35. The molecule has 0 bridgehead atoms. The molecule has 6 heteroatoms. The maximum Gasteiger partial charge on any atom is 0.308 e. The highest BCUT2D eigenvalue weighted by atomic mass is 19.1. The number of halogens is 1. The number of methoxy groups -OCH3 is 1. The van der Waals surface area contributed by atoms with Crippen LogP contribution in [0.3, 0.4) is 0 Å². The second-order valence-electron chi connectivity index (χ2n) is 9.21. The summed E-state index contributed by atoms with van der Waals surface area (Å²) in [6, 6.07) is 7.21. The standard InChI is InChI=1S/C25H33FN2O3/c1-31-19-6-8-24-21(15-19)20(9-12-27-24)23(26)7-5-18-11-14-28(16-22(18)25(29)30)13-10-17-3-2-4-17/h6,8-9,12,15,17-18,22-23H,2-5,7,10-11,13-14,16H2,1H3,(H,29,30)/t18-,22+,23+/m1/s1. The van der Waals surface area contributed by atoms with E-state index in [4.69, 9.17) is 4.74 Å². The maximum atomic E-state index is 15.3. The number of aromatic nitrogens is 1. The van der Waals surface area contributed by atoms with E-state index < -0.39 is 18.1 Å². The van der Waals surface area contributed by atoms with Crippen LogP contribution in [0.1, 0.15) is 56.7 Å². The van der Waals surface area contributed by atoms with Gasteiger partial charge in [-0.2, -0.15) is 0 Å². The number of carboxylic acids is 1. The largest absolute Gasteiger partial charge is 0.497 e. The Morgan fingerprint density at radius 3 is 2.84 bits per heavy atom. The molecule has 0 unspecified atom stereocenters. The van der Waals surface area contributed by atoms with E-state index in [2.05, 4.69) is 9.88 Å². The summed E-state index contributed by atoms with van der Waals surface area (Å²) in [5, 5.41) is 10.6. The van der Waals surface area contributed by atoms with Crippen molar-refractivity contribution in [3.8, 4) is 5.75 Å². The Balaban J connectivity index is 1.37. The van der Waals surface area contributed by atoms with Gasteiger partial charge in [-0.15, -0.1) is 0 Å². The molecule has 0 radical (unpaired) electrons. The molecule has 1 saturated heterocycles. The van der Waals surface area contributed by atoms with Crippen LogP contribution in [-0.4, -0.2) is 47.7 Å². The number of ether oxygens (including phenoxy) is 1. The van der Waals surface area contributed by atoms with E-state index in [9.17, 15) is 9.90 Å². The number of piperidine rings is 1. The summed E-state index contributed by atoms with van der Waals surface area (Å²) in [7, 11) is 1.59. The number of fused-ring (bicyclic) bond motifs is 1. The molecule has 1 aliphatic carbocycles. The minimum Gasteiger partial charge on any atom is -0.497 e. The number of rotatable bonds is 9. The highest BCUT2D eigenvalue weighted by Gasteiger charge is 2.35. The normalized spacial score (nSPS) is 23.4. The van der Waals surface area contributed by atoms with Gasteiger partial charge in [-0.25, -0.2) is 4.39 Å². The van der Waals surface area contributed by atoms with Crippen LogP contribution in [0.5, 0.6) is 5.75 Å². The van der Waals surface area contributed by atoms with Crippen molar-refractivity contribution in [2.75, 3.05) is 26.7 Å². The van der Waals surface area contributed by atoms with Crippen molar-refractivity contribution >= 4 is 16.9 Å². The lowest BCUT2D eigenvalue weighted by atomic mass is 9.80. The van der Waals surface area contributed by atoms with Crippen LogP contribution in [0.25, 0.3) is 10.9 Å². The number of carboxylic acid groups (broad SMARTS) is 1. The molecule has 2 heterocycles. The Bertz CT molecular complexity index is 901. The molecule has 2 fully saturated rings. The molecular weight excluding hydrogens is 395 g/mol. The lowest BCUT2D eigenvalue weighted by Crippen LogP contribution is -2.44. The Hall–Kier alpha value is -2.21. The number of nitrogens with zero attached hydrogens (tertiary/aromatic N) is 2. The Kier molecular flexibility index (Phi) is 7.06. The van der Waals surface area contributed by atoms with Crippen molar-refractivity contribution in [3.05, 3.63) is 36.0 Å². The van der Waals surface area contributed by atoms with Gasteiger partial charge in [0.15, 0.2) is 0 Å². The number of hydrogen-bond acceptors (Lipinski definition) is 4. The van der Waals surface area contributed by atoms with Gasteiger partial charge in [-0.3, -0.25) is 9.78 Å². The predicted octanol–water partition coefficient (Wildman–Crippen LogP) is 5.25. The summed E-state index contributed by atoms with van der Waals surface area (Å²) in [6.45, 7) is 2.52.